The van der Waals surface area contributed by atoms with Crippen LogP contribution in [0.1, 0.15) is 59.1 Å². The third kappa shape index (κ3) is 3.67. The largest absolute Gasteiger partial charge is 0.503 e. The van der Waals surface area contributed by atoms with Gasteiger partial charge in [0.25, 0.3) is 11.8 Å². The van der Waals surface area contributed by atoms with Gasteiger partial charge in [0.15, 0.2) is 17.0 Å². The number of benzene rings is 1. The van der Waals surface area contributed by atoms with Crippen molar-refractivity contribution in [3.05, 3.63) is 62.8 Å². The highest BCUT2D eigenvalue weighted by molar-refractivity contribution is 5.99. The van der Waals surface area contributed by atoms with Crippen molar-refractivity contribution >= 4 is 17.5 Å². The first kappa shape index (κ1) is 24.8. The quantitative estimate of drug-likeness (QED) is 0.563. The van der Waals surface area contributed by atoms with E-state index in [-0.39, 0.29) is 24.7 Å². The third-order valence-corrected chi connectivity index (χ3v) is 7.42. The summed E-state index contributed by atoms with van der Waals surface area (Å²) in [6, 6.07) is -0.250. The fourth-order valence-corrected chi connectivity index (χ4v) is 5.30. The molecule has 1 saturated heterocycles. The lowest BCUT2D eigenvalue weighted by Crippen LogP contribution is -2.56. The third-order valence-electron chi connectivity index (χ3n) is 7.42. The lowest BCUT2D eigenvalue weighted by atomic mass is 9.82. The molecule has 3 N–H and O–H groups in total. The molecule has 2 aromatic rings. The topological polar surface area (TPSA) is 133 Å². The number of carbonyl (C=O) groups is 2. The van der Waals surface area contributed by atoms with Crippen LogP contribution in [0.3, 0.4) is 0 Å². The van der Waals surface area contributed by atoms with Crippen LogP contribution in [0.4, 0.5) is 13.2 Å². The van der Waals surface area contributed by atoms with Gasteiger partial charge in [-0.3, -0.25) is 14.4 Å². The standard InChI is InChI=1S/C24H23F3N4O6/c1-10-3-4-24(21(34)11(2)29-37-24)17-9-30(10)23(36)18-20(33)19(32)14(8-31(17)18)22(35)28-7-13-15(26)5-12(25)6-16(13)27/h5-6,8,10,17,21,33-34H,3-4,7,9H2,1-2H3,(H,28,35)/t10-,17+,21-,24+/m0/s1. The van der Waals surface area contributed by atoms with Crippen LogP contribution < -0.4 is 10.7 Å². The summed E-state index contributed by atoms with van der Waals surface area (Å²) >= 11 is 0. The Hall–Kier alpha value is -3.87. The van der Waals surface area contributed by atoms with E-state index in [1.807, 2.05) is 0 Å². The van der Waals surface area contributed by atoms with Gasteiger partial charge in [-0.2, -0.15) is 0 Å². The molecule has 0 aliphatic carbocycles. The number of carbonyl (C=O) groups excluding carboxylic acids is 2. The summed E-state index contributed by atoms with van der Waals surface area (Å²) in [7, 11) is 0. The summed E-state index contributed by atoms with van der Waals surface area (Å²) in [4.78, 5) is 46.3. The van der Waals surface area contributed by atoms with Gasteiger partial charge in [0, 0.05) is 43.0 Å². The van der Waals surface area contributed by atoms with Crippen molar-refractivity contribution in [1.82, 2.24) is 14.8 Å². The van der Waals surface area contributed by atoms with Gasteiger partial charge in [0.2, 0.25) is 5.43 Å². The van der Waals surface area contributed by atoms with E-state index in [1.54, 1.807) is 13.8 Å². The second kappa shape index (κ2) is 8.61. The molecule has 2 amide bonds. The van der Waals surface area contributed by atoms with Gasteiger partial charge in [-0.25, -0.2) is 13.2 Å². The van der Waals surface area contributed by atoms with E-state index in [1.165, 1.54) is 9.47 Å². The number of aliphatic hydroxyl groups excluding tert-OH is 1. The van der Waals surface area contributed by atoms with E-state index >= 15 is 0 Å². The molecule has 0 radical (unpaired) electrons. The van der Waals surface area contributed by atoms with Gasteiger partial charge in [-0.05, 0) is 26.7 Å². The number of hydrogen-bond donors (Lipinski definition) is 3. The number of pyridine rings is 1. The number of rotatable bonds is 3. The van der Waals surface area contributed by atoms with Crippen LogP contribution in [0.15, 0.2) is 28.3 Å². The Bertz CT molecular complexity index is 1400. The smallest absolute Gasteiger partial charge is 0.274 e. The predicted octanol–water partition coefficient (Wildman–Crippen LogP) is 1.59. The summed E-state index contributed by atoms with van der Waals surface area (Å²) in [6.45, 7) is 2.70. The van der Waals surface area contributed by atoms with E-state index in [0.29, 0.717) is 24.3 Å². The van der Waals surface area contributed by atoms with Crippen LogP contribution >= 0.6 is 0 Å². The molecule has 1 spiro atoms. The minimum Gasteiger partial charge on any atom is -0.503 e. The van der Waals surface area contributed by atoms with E-state index in [2.05, 4.69) is 10.5 Å². The Labute approximate surface area is 207 Å². The molecule has 1 aromatic heterocycles. The first-order valence-electron chi connectivity index (χ1n) is 11.6. The highest BCUT2D eigenvalue weighted by Gasteiger charge is 2.58. The lowest BCUT2D eigenvalue weighted by molar-refractivity contribution is -0.114. The number of fused-ring (bicyclic) bond motifs is 5. The zero-order chi connectivity index (χ0) is 26.8. The fraction of sp³-hybridized carbons (Fsp3) is 0.417. The number of nitrogens with zero attached hydrogens (tertiary/aromatic N) is 3. The molecule has 2 bridgehead atoms. The molecule has 0 saturated carbocycles. The fourth-order valence-electron chi connectivity index (χ4n) is 5.30. The molecule has 1 aromatic carbocycles. The van der Waals surface area contributed by atoms with Crippen LogP contribution in [0, 0.1) is 17.5 Å². The number of hydrogen-bond acceptors (Lipinski definition) is 7. The highest BCUT2D eigenvalue weighted by atomic mass is 19.1. The summed E-state index contributed by atoms with van der Waals surface area (Å²) in [5.41, 5.74) is -3.80. The zero-order valence-electron chi connectivity index (χ0n) is 19.8. The Balaban J connectivity index is 1.57. The number of halogens is 3. The molecule has 1 fully saturated rings. The van der Waals surface area contributed by atoms with Crippen molar-refractivity contribution in [1.29, 1.82) is 0 Å². The summed E-state index contributed by atoms with van der Waals surface area (Å²) < 4.78 is 42.4. The van der Waals surface area contributed by atoms with Gasteiger partial charge < -0.3 is 29.8 Å². The molecule has 0 unspecified atom stereocenters. The van der Waals surface area contributed by atoms with Crippen LogP contribution in [0.5, 0.6) is 5.75 Å². The number of oxime groups is 1. The van der Waals surface area contributed by atoms with Gasteiger partial charge in [0.05, 0.1) is 11.8 Å². The van der Waals surface area contributed by atoms with Crippen LogP contribution in [-0.4, -0.2) is 61.5 Å². The molecule has 3 aliphatic rings. The van der Waals surface area contributed by atoms with Gasteiger partial charge >= 0.3 is 0 Å². The van der Waals surface area contributed by atoms with Gasteiger partial charge in [-0.15, -0.1) is 0 Å². The monoisotopic (exact) mass is 520 g/mol. The van der Waals surface area contributed by atoms with Crippen molar-refractivity contribution < 1.29 is 37.8 Å². The number of nitrogens with one attached hydrogen (secondary N) is 1. The number of aromatic hydroxyl groups is 1. The molecule has 3 aliphatic heterocycles. The molecule has 196 valence electrons. The first-order valence-corrected chi connectivity index (χ1v) is 11.6. The van der Waals surface area contributed by atoms with Crippen LogP contribution in [0.25, 0.3) is 0 Å². The lowest BCUT2D eigenvalue weighted by Gasteiger charge is -2.43. The molecule has 4 atom stereocenters. The Morgan fingerprint density at radius 3 is 2.57 bits per heavy atom. The van der Waals surface area contributed by atoms with E-state index in [0.717, 1.165) is 6.20 Å². The summed E-state index contributed by atoms with van der Waals surface area (Å²) in [5, 5.41) is 27.9. The van der Waals surface area contributed by atoms with E-state index in [9.17, 15) is 37.8 Å². The van der Waals surface area contributed by atoms with Crippen molar-refractivity contribution in [3.63, 3.8) is 0 Å². The molecule has 10 nitrogen and oxygen atoms in total. The van der Waals surface area contributed by atoms with E-state index in [4.69, 9.17) is 4.84 Å². The molecule has 4 heterocycles. The SMILES string of the molecule is CC1=NO[C@@]2(CC[C@H](C)N3C[C@H]2n2cc(C(=O)NCc4c(F)cc(F)cc4F)c(=O)c(O)c2C3=O)[C@H]1O. The molecule has 37 heavy (non-hydrogen) atoms. The second-order valence-electron chi connectivity index (χ2n) is 9.55. The van der Waals surface area contributed by atoms with Crippen molar-refractivity contribution in [3.8, 4) is 5.75 Å². The number of aromatic nitrogens is 1. The predicted molar refractivity (Wildman–Crippen MR) is 122 cm³/mol. The molecule has 5 rings (SSSR count). The van der Waals surface area contributed by atoms with E-state index < -0.39 is 75.9 Å². The number of aliphatic hydroxyl groups is 1. The highest BCUT2D eigenvalue weighted by Crippen LogP contribution is 2.46. The Morgan fingerprint density at radius 1 is 1.27 bits per heavy atom. The molecular formula is C24H23F3N4O6. The van der Waals surface area contributed by atoms with Gasteiger partial charge in [0.1, 0.15) is 29.1 Å². The maximum Gasteiger partial charge on any atom is 0.274 e. The minimum absolute atomic E-state index is 0.0439. The van der Waals surface area contributed by atoms with Gasteiger partial charge in [-0.1, -0.05) is 5.16 Å². The summed E-state index contributed by atoms with van der Waals surface area (Å²) in [6.07, 6.45) is 0.616. The number of amides is 2. The van der Waals surface area contributed by atoms with Crippen LogP contribution in [0.2, 0.25) is 0 Å². The summed E-state index contributed by atoms with van der Waals surface area (Å²) in [5.74, 6) is -6.31. The van der Waals surface area contributed by atoms with Crippen molar-refractivity contribution in [2.45, 2.75) is 57.0 Å². The maximum absolute atomic E-state index is 14.0. The average Bonchev–Trinajstić information content (AvgIpc) is 3.05. The molecule has 13 heteroatoms. The average molecular weight is 520 g/mol. The maximum atomic E-state index is 14.0. The van der Waals surface area contributed by atoms with Crippen molar-refractivity contribution in [2.24, 2.45) is 5.16 Å². The van der Waals surface area contributed by atoms with Crippen molar-refractivity contribution in [2.75, 3.05) is 6.54 Å². The first-order chi connectivity index (χ1) is 17.5. The second-order valence-corrected chi connectivity index (χ2v) is 9.55. The van der Waals surface area contributed by atoms with Crippen LogP contribution in [-0.2, 0) is 11.4 Å². The minimum atomic E-state index is -1.34. The Morgan fingerprint density at radius 2 is 1.95 bits per heavy atom. The molecular weight excluding hydrogens is 497 g/mol. The normalized spacial score (nSPS) is 26.4. The zero-order valence-corrected chi connectivity index (χ0v) is 19.8. The Kier molecular flexibility index (Phi) is 5.77.